The molecule has 0 spiro atoms. The maximum Gasteiger partial charge on any atom is 0.251 e. The van der Waals surface area contributed by atoms with E-state index in [0.717, 1.165) is 17.7 Å². The Morgan fingerprint density at radius 3 is 2.38 bits per heavy atom. The molecular formula is C23H27N3O3. The van der Waals surface area contributed by atoms with Crippen molar-refractivity contribution in [2.75, 3.05) is 13.7 Å². The molecule has 0 aliphatic heterocycles. The smallest absolute Gasteiger partial charge is 0.251 e. The summed E-state index contributed by atoms with van der Waals surface area (Å²) in [6, 6.07) is 15.2. The van der Waals surface area contributed by atoms with Crippen LogP contribution in [0.4, 0.5) is 0 Å². The Morgan fingerprint density at radius 1 is 1.07 bits per heavy atom. The second-order valence-electron chi connectivity index (χ2n) is 7.93. The van der Waals surface area contributed by atoms with Gasteiger partial charge >= 0.3 is 0 Å². The number of hydrogen-bond acceptors (Lipinski definition) is 5. The van der Waals surface area contributed by atoms with Gasteiger partial charge in [-0.2, -0.15) is 4.98 Å². The van der Waals surface area contributed by atoms with E-state index in [9.17, 15) is 4.79 Å². The van der Waals surface area contributed by atoms with Crippen molar-refractivity contribution in [3.63, 3.8) is 0 Å². The number of aromatic nitrogens is 2. The highest BCUT2D eigenvalue weighted by Gasteiger charge is 2.14. The maximum atomic E-state index is 12.3. The van der Waals surface area contributed by atoms with Crippen molar-refractivity contribution < 1.29 is 14.1 Å². The van der Waals surface area contributed by atoms with E-state index in [0.29, 0.717) is 30.2 Å². The zero-order chi connectivity index (χ0) is 20.9. The molecule has 1 amide bonds. The van der Waals surface area contributed by atoms with Crippen LogP contribution >= 0.6 is 0 Å². The van der Waals surface area contributed by atoms with E-state index in [-0.39, 0.29) is 11.3 Å². The first-order valence-electron chi connectivity index (χ1n) is 9.72. The number of methoxy groups -OCH3 is 1. The summed E-state index contributed by atoms with van der Waals surface area (Å²) in [5.41, 5.74) is 2.81. The number of rotatable bonds is 7. The minimum Gasteiger partial charge on any atom is -0.497 e. The van der Waals surface area contributed by atoms with Crippen molar-refractivity contribution in [2.45, 2.75) is 39.0 Å². The molecule has 0 unspecified atom stereocenters. The summed E-state index contributed by atoms with van der Waals surface area (Å²) in [4.78, 5) is 16.7. The summed E-state index contributed by atoms with van der Waals surface area (Å²) in [6.07, 6.45) is 1.32. The molecule has 3 aromatic rings. The van der Waals surface area contributed by atoms with E-state index in [1.54, 1.807) is 7.11 Å². The highest BCUT2D eigenvalue weighted by molar-refractivity contribution is 5.94. The molecule has 3 rings (SSSR count). The molecular weight excluding hydrogens is 366 g/mol. The predicted molar refractivity (Wildman–Crippen MR) is 112 cm³/mol. The lowest BCUT2D eigenvalue weighted by Crippen LogP contribution is -2.25. The average molecular weight is 393 g/mol. The van der Waals surface area contributed by atoms with Gasteiger partial charge in [0.15, 0.2) is 0 Å². The number of ether oxygens (including phenoxy) is 1. The number of amides is 1. The minimum absolute atomic E-state index is 0.0732. The third-order valence-corrected chi connectivity index (χ3v) is 4.68. The van der Waals surface area contributed by atoms with Gasteiger partial charge in [-0.3, -0.25) is 4.79 Å². The molecule has 0 aliphatic rings. The molecule has 1 aromatic heterocycles. The van der Waals surface area contributed by atoms with E-state index >= 15 is 0 Å². The van der Waals surface area contributed by atoms with Gasteiger partial charge in [-0.1, -0.05) is 38.1 Å². The summed E-state index contributed by atoms with van der Waals surface area (Å²) in [6.45, 7) is 7.00. The number of benzene rings is 2. The van der Waals surface area contributed by atoms with E-state index in [2.05, 4.69) is 36.2 Å². The number of hydrogen-bond donors (Lipinski definition) is 1. The molecule has 0 fully saturated rings. The quantitative estimate of drug-likeness (QED) is 0.602. The lowest BCUT2D eigenvalue weighted by Gasteiger charge is -2.19. The summed E-state index contributed by atoms with van der Waals surface area (Å²) in [5.74, 6) is 1.81. The van der Waals surface area contributed by atoms with Crippen LogP contribution in [0.1, 0.15) is 49.0 Å². The standard InChI is InChI=1S/C23H27N3O3/c1-23(2,3)18-11-7-17(8-12-18)22(27)24-15-5-6-20-25-21(26-29-20)16-9-13-19(28-4)14-10-16/h7-14H,5-6,15H2,1-4H3,(H,24,27). The number of nitrogens with one attached hydrogen (secondary N) is 1. The maximum absolute atomic E-state index is 12.3. The number of nitrogens with zero attached hydrogens (tertiary/aromatic N) is 2. The van der Waals surface area contributed by atoms with Crippen molar-refractivity contribution in [2.24, 2.45) is 0 Å². The van der Waals surface area contributed by atoms with Crippen molar-refractivity contribution in [3.8, 4) is 17.1 Å². The zero-order valence-electron chi connectivity index (χ0n) is 17.4. The Hall–Kier alpha value is -3.15. The van der Waals surface area contributed by atoms with Crippen LogP contribution in [0.15, 0.2) is 53.1 Å². The lowest BCUT2D eigenvalue weighted by atomic mass is 9.87. The van der Waals surface area contributed by atoms with Crippen molar-refractivity contribution >= 4 is 5.91 Å². The second kappa shape index (κ2) is 8.90. The zero-order valence-corrected chi connectivity index (χ0v) is 17.4. The van der Waals surface area contributed by atoms with Crippen LogP contribution in [-0.2, 0) is 11.8 Å². The van der Waals surface area contributed by atoms with E-state index < -0.39 is 0 Å². The molecule has 6 heteroatoms. The Morgan fingerprint density at radius 2 is 1.76 bits per heavy atom. The molecule has 6 nitrogen and oxygen atoms in total. The van der Waals surface area contributed by atoms with Crippen molar-refractivity contribution in [3.05, 3.63) is 65.5 Å². The molecule has 152 valence electrons. The summed E-state index contributed by atoms with van der Waals surface area (Å²) < 4.78 is 10.5. The van der Waals surface area contributed by atoms with E-state index in [4.69, 9.17) is 9.26 Å². The van der Waals surface area contributed by atoms with Gasteiger partial charge in [0.05, 0.1) is 7.11 Å². The SMILES string of the molecule is COc1ccc(-c2noc(CCCNC(=O)c3ccc(C(C)(C)C)cc3)n2)cc1. The van der Waals surface area contributed by atoms with Gasteiger partial charge < -0.3 is 14.6 Å². The Balaban J connectivity index is 1.47. The first-order chi connectivity index (χ1) is 13.9. The van der Waals surface area contributed by atoms with Crippen molar-refractivity contribution in [1.82, 2.24) is 15.5 Å². The summed E-state index contributed by atoms with van der Waals surface area (Å²) in [5, 5.41) is 6.95. The number of carbonyl (C=O) groups is 1. The predicted octanol–water partition coefficient (Wildman–Crippen LogP) is 4.41. The molecule has 2 aromatic carbocycles. The molecule has 1 heterocycles. The van der Waals surface area contributed by atoms with E-state index in [1.165, 1.54) is 5.56 Å². The van der Waals surface area contributed by atoms with Crippen LogP contribution in [0.3, 0.4) is 0 Å². The fourth-order valence-corrected chi connectivity index (χ4v) is 2.88. The molecule has 1 N–H and O–H groups in total. The Kier molecular flexibility index (Phi) is 6.32. The summed E-state index contributed by atoms with van der Waals surface area (Å²) in [7, 11) is 1.63. The first kappa shape index (κ1) is 20.6. The molecule has 29 heavy (non-hydrogen) atoms. The van der Waals surface area contributed by atoms with Crippen LogP contribution < -0.4 is 10.1 Å². The molecule has 0 saturated heterocycles. The normalized spacial score (nSPS) is 11.3. The molecule has 0 aliphatic carbocycles. The highest BCUT2D eigenvalue weighted by Crippen LogP contribution is 2.22. The summed E-state index contributed by atoms with van der Waals surface area (Å²) >= 11 is 0. The fourth-order valence-electron chi connectivity index (χ4n) is 2.88. The van der Waals surface area contributed by atoms with Gasteiger partial charge in [0.25, 0.3) is 5.91 Å². The van der Waals surface area contributed by atoms with Gasteiger partial charge in [-0.25, -0.2) is 0 Å². The molecule has 0 radical (unpaired) electrons. The monoisotopic (exact) mass is 393 g/mol. The van der Waals surface area contributed by atoms with Crippen LogP contribution in [-0.4, -0.2) is 29.7 Å². The molecule has 0 bridgehead atoms. The number of aryl methyl sites for hydroxylation is 1. The van der Waals surface area contributed by atoms with Gasteiger partial charge in [0.1, 0.15) is 5.75 Å². The number of carbonyl (C=O) groups excluding carboxylic acids is 1. The van der Waals surface area contributed by atoms with Crippen molar-refractivity contribution in [1.29, 1.82) is 0 Å². The Bertz CT molecular complexity index is 939. The second-order valence-corrected chi connectivity index (χ2v) is 7.93. The lowest BCUT2D eigenvalue weighted by molar-refractivity contribution is 0.0953. The Labute approximate surface area is 171 Å². The highest BCUT2D eigenvalue weighted by atomic mass is 16.5. The van der Waals surface area contributed by atoms with Gasteiger partial charge in [0.2, 0.25) is 11.7 Å². The molecule has 0 saturated carbocycles. The third-order valence-electron chi connectivity index (χ3n) is 4.68. The van der Waals surface area contributed by atoms with Crippen LogP contribution in [0.2, 0.25) is 0 Å². The topological polar surface area (TPSA) is 77.3 Å². The van der Waals surface area contributed by atoms with Gasteiger partial charge in [0, 0.05) is 24.1 Å². The first-order valence-corrected chi connectivity index (χ1v) is 9.72. The molecule has 0 atom stereocenters. The van der Waals surface area contributed by atoms with Gasteiger partial charge in [-0.15, -0.1) is 0 Å². The van der Waals surface area contributed by atoms with Crippen LogP contribution in [0.25, 0.3) is 11.4 Å². The largest absolute Gasteiger partial charge is 0.497 e. The average Bonchev–Trinajstić information content (AvgIpc) is 3.19. The fraction of sp³-hybridized carbons (Fsp3) is 0.348. The van der Waals surface area contributed by atoms with Crippen LogP contribution in [0, 0.1) is 0 Å². The third kappa shape index (κ3) is 5.44. The van der Waals surface area contributed by atoms with E-state index in [1.807, 2.05) is 48.5 Å². The van der Waals surface area contributed by atoms with Gasteiger partial charge in [-0.05, 0) is 53.8 Å². The minimum atomic E-state index is -0.0742. The van der Waals surface area contributed by atoms with Crippen LogP contribution in [0.5, 0.6) is 5.75 Å².